The number of hydrogen-bond acceptors (Lipinski definition) is 4. The van der Waals surface area contributed by atoms with Crippen LogP contribution in [0.1, 0.15) is 12.5 Å². The third kappa shape index (κ3) is 4.60. The largest absolute Gasteiger partial charge is 0.494 e. The molecule has 2 aromatic rings. The molecule has 0 amide bonds. The van der Waals surface area contributed by atoms with E-state index >= 15 is 0 Å². The zero-order valence-electron chi connectivity index (χ0n) is 12.2. The van der Waals surface area contributed by atoms with E-state index in [1.165, 1.54) is 18.3 Å². The van der Waals surface area contributed by atoms with Gasteiger partial charge in [-0.3, -0.25) is 0 Å². The molecule has 5 nitrogen and oxygen atoms in total. The van der Waals surface area contributed by atoms with E-state index in [0.717, 1.165) is 0 Å². The minimum atomic E-state index is -3.78. The fourth-order valence-electron chi connectivity index (χ4n) is 1.73. The summed E-state index contributed by atoms with van der Waals surface area (Å²) in [6.07, 6.45) is 1.26. The highest BCUT2D eigenvalue weighted by molar-refractivity contribution is 7.89. The Hall–Kier alpha value is -1.76. The van der Waals surface area contributed by atoms with Crippen molar-refractivity contribution in [1.82, 2.24) is 4.83 Å². The van der Waals surface area contributed by atoms with Crippen LogP contribution in [0.25, 0.3) is 0 Å². The first-order chi connectivity index (χ1) is 10.9. The van der Waals surface area contributed by atoms with Gasteiger partial charge < -0.3 is 4.74 Å². The van der Waals surface area contributed by atoms with Crippen LogP contribution >= 0.6 is 23.2 Å². The molecule has 122 valence electrons. The van der Waals surface area contributed by atoms with Crippen molar-refractivity contribution >= 4 is 39.4 Å². The second kappa shape index (κ2) is 7.68. The Morgan fingerprint density at radius 2 is 1.74 bits per heavy atom. The van der Waals surface area contributed by atoms with Crippen LogP contribution in [0.15, 0.2) is 52.5 Å². The molecule has 0 heterocycles. The molecule has 0 saturated heterocycles. The van der Waals surface area contributed by atoms with E-state index in [1.54, 1.807) is 30.3 Å². The van der Waals surface area contributed by atoms with Gasteiger partial charge >= 0.3 is 0 Å². The average molecular weight is 373 g/mol. The van der Waals surface area contributed by atoms with E-state index in [4.69, 9.17) is 27.9 Å². The quantitative estimate of drug-likeness (QED) is 0.620. The van der Waals surface area contributed by atoms with Gasteiger partial charge in [-0.05, 0) is 43.3 Å². The lowest BCUT2D eigenvalue weighted by Crippen LogP contribution is -2.18. The highest BCUT2D eigenvalue weighted by Gasteiger charge is 2.12. The standard InChI is InChI=1S/C15H14Cl2N2O3S/c1-2-22-11-6-8-12(9-7-11)23(20,21)19-18-10-13-14(16)4-3-5-15(13)17/h3-10,19H,2H2,1H3/b18-10+. The molecule has 0 aliphatic carbocycles. The van der Waals surface area contributed by atoms with Crippen LogP contribution in [0.2, 0.25) is 10.0 Å². The van der Waals surface area contributed by atoms with Crippen LogP contribution in [-0.4, -0.2) is 21.2 Å². The number of halogens is 2. The van der Waals surface area contributed by atoms with Crippen molar-refractivity contribution < 1.29 is 13.2 Å². The molecule has 0 saturated carbocycles. The van der Waals surface area contributed by atoms with Gasteiger partial charge in [-0.15, -0.1) is 0 Å². The number of nitrogens with zero attached hydrogens (tertiary/aromatic N) is 1. The number of sulfonamides is 1. The Morgan fingerprint density at radius 1 is 1.13 bits per heavy atom. The maximum Gasteiger partial charge on any atom is 0.276 e. The Morgan fingerprint density at radius 3 is 2.30 bits per heavy atom. The molecule has 2 aromatic carbocycles. The summed E-state index contributed by atoms with van der Waals surface area (Å²) >= 11 is 12.0. The van der Waals surface area contributed by atoms with Gasteiger partial charge in [0.15, 0.2) is 0 Å². The van der Waals surface area contributed by atoms with Crippen molar-refractivity contribution in [1.29, 1.82) is 0 Å². The topological polar surface area (TPSA) is 67.8 Å². The van der Waals surface area contributed by atoms with E-state index in [-0.39, 0.29) is 4.90 Å². The number of ether oxygens (including phenoxy) is 1. The monoisotopic (exact) mass is 372 g/mol. The minimum Gasteiger partial charge on any atom is -0.494 e. The lowest BCUT2D eigenvalue weighted by atomic mass is 10.2. The number of nitrogens with one attached hydrogen (secondary N) is 1. The van der Waals surface area contributed by atoms with Crippen molar-refractivity contribution in [3.05, 3.63) is 58.1 Å². The SMILES string of the molecule is CCOc1ccc(S(=O)(=O)N/N=C/c2c(Cl)cccc2Cl)cc1. The van der Waals surface area contributed by atoms with Crippen LogP contribution < -0.4 is 9.57 Å². The van der Waals surface area contributed by atoms with Gasteiger partial charge in [-0.1, -0.05) is 29.3 Å². The molecule has 23 heavy (non-hydrogen) atoms. The Labute approximate surface area is 144 Å². The smallest absolute Gasteiger partial charge is 0.276 e. The van der Waals surface area contributed by atoms with Crippen molar-refractivity contribution in [3.63, 3.8) is 0 Å². The number of benzene rings is 2. The summed E-state index contributed by atoms with van der Waals surface area (Å²) in [5, 5.41) is 4.46. The van der Waals surface area contributed by atoms with Crippen LogP contribution in [0.3, 0.4) is 0 Å². The fraction of sp³-hybridized carbons (Fsp3) is 0.133. The molecule has 0 aliphatic rings. The summed E-state index contributed by atoms with van der Waals surface area (Å²) in [6, 6.07) is 11.0. The number of hydrazone groups is 1. The predicted molar refractivity (Wildman–Crippen MR) is 92.0 cm³/mol. The number of rotatable bonds is 6. The Bertz CT molecular complexity index is 786. The first-order valence-electron chi connectivity index (χ1n) is 6.66. The molecule has 0 aromatic heterocycles. The lowest BCUT2D eigenvalue weighted by Gasteiger charge is -2.06. The van der Waals surface area contributed by atoms with Crippen molar-refractivity contribution in [3.8, 4) is 5.75 Å². The molecule has 0 fully saturated rings. The summed E-state index contributed by atoms with van der Waals surface area (Å²) < 4.78 is 29.5. The van der Waals surface area contributed by atoms with Gasteiger partial charge in [0.05, 0.1) is 27.8 Å². The second-order valence-corrected chi connectivity index (χ2v) is 6.87. The highest BCUT2D eigenvalue weighted by Crippen LogP contribution is 2.22. The average Bonchev–Trinajstić information content (AvgIpc) is 2.51. The van der Waals surface area contributed by atoms with Gasteiger partial charge in [-0.2, -0.15) is 13.5 Å². The zero-order valence-corrected chi connectivity index (χ0v) is 14.5. The zero-order chi connectivity index (χ0) is 16.9. The summed E-state index contributed by atoms with van der Waals surface area (Å²) in [6.45, 7) is 2.36. The van der Waals surface area contributed by atoms with Crippen LogP contribution in [-0.2, 0) is 10.0 Å². The maximum absolute atomic E-state index is 12.1. The van der Waals surface area contributed by atoms with Gasteiger partial charge in [0.25, 0.3) is 10.0 Å². The summed E-state index contributed by atoms with van der Waals surface area (Å²) in [5.41, 5.74) is 0.435. The van der Waals surface area contributed by atoms with Gasteiger partial charge in [-0.25, -0.2) is 4.83 Å². The van der Waals surface area contributed by atoms with Crippen molar-refractivity contribution in [2.75, 3.05) is 6.61 Å². The van der Waals surface area contributed by atoms with Gasteiger partial charge in [0, 0.05) is 5.56 Å². The van der Waals surface area contributed by atoms with E-state index in [0.29, 0.717) is 28.0 Å². The van der Waals surface area contributed by atoms with Gasteiger partial charge in [0.2, 0.25) is 0 Å². The Kier molecular flexibility index (Phi) is 5.87. The predicted octanol–water partition coefficient (Wildman–Crippen LogP) is 3.70. The van der Waals surface area contributed by atoms with E-state index < -0.39 is 10.0 Å². The maximum atomic E-state index is 12.1. The normalized spacial score (nSPS) is 11.6. The molecule has 0 radical (unpaired) electrons. The molecule has 0 bridgehead atoms. The van der Waals surface area contributed by atoms with Crippen LogP contribution in [0, 0.1) is 0 Å². The first kappa shape index (κ1) is 17.6. The Balaban J connectivity index is 2.13. The third-order valence-electron chi connectivity index (χ3n) is 2.81. The molecular weight excluding hydrogens is 359 g/mol. The van der Waals surface area contributed by atoms with Crippen molar-refractivity contribution in [2.24, 2.45) is 5.10 Å². The lowest BCUT2D eigenvalue weighted by molar-refractivity contribution is 0.340. The van der Waals surface area contributed by atoms with Gasteiger partial charge in [0.1, 0.15) is 5.75 Å². The molecule has 1 N–H and O–H groups in total. The van der Waals surface area contributed by atoms with Crippen LogP contribution in [0.4, 0.5) is 0 Å². The molecule has 8 heteroatoms. The van der Waals surface area contributed by atoms with E-state index in [9.17, 15) is 8.42 Å². The third-order valence-corrected chi connectivity index (χ3v) is 4.71. The molecule has 0 atom stereocenters. The summed E-state index contributed by atoms with van der Waals surface area (Å²) in [5.74, 6) is 0.595. The van der Waals surface area contributed by atoms with E-state index in [2.05, 4.69) is 9.93 Å². The molecule has 0 spiro atoms. The highest BCUT2D eigenvalue weighted by atomic mass is 35.5. The first-order valence-corrected chi connectivity index (χ1v) is 8.89. The number of hydrogen-bond donors (Lipinski definition) is 1. The van der Waals surface area contributed by atoms with E-state index in [1.807, 2.05) is 6.92 Å². The summed E-state index contributed by atoms with van der Waals surface area (Å²) in [4.78, 5) is 2.19. The fourth-order valence-corrected chi connectivity index (χ4v) is 3.02. The molecule has 0 aliphatic heterocycles. The molecule has 2 rings (SSSR count). The molecule has 0 unspecified atom stereocenters. The minimum absolute atomic E-state index is 0.0726. The van der Waals surface area contributed by atoms with Crippen molar-refractivity contribution in [2.45, 2.75) is 11.8 Å². The second-order valence-electron chi connectivity index (χ2n) is 4.39. The van der Waals surface area contributed by atoms with Crippen LogP contribution in [0.5, 0.6) is 5.75 Å². The molecular formula is C15H14Cl2N2O3S. The summed E-state index contributed by atoms with van der Waals surface area (Å²) in [7, 11) is -3.78.